The van der Waals surface area contributed by atoms with Gasteiger partial charge < -0.3 is 0 Å². The van der Waals surface area contributed by atoms with Crippen LogP contribution in [0.4, 0.5) is 0 Å². The number of alkyl halides is 1. The molecule has 0 fully saturated rings. The Morgan fingerprint density at radius 2 is 1.47 bits per heavy atom. The lowest BCUT2D eigenvalue weighted by Crippen LogP contribution is -1.97. The van der Waals surface area contributed by atoms with Crippen molar-refractivity contribution >= 4 is 39.1 Å². The smallest absolute Gasteiger partial charge is 0.0465 e. The molecule has 0 radical (unpaired) electrons. The number of halogens is 3. The Morgan fingerprint density at radius 1 is 0.882 bits per heavy atom. The number of rotatable bonds is 3. The molecule has 17 heavy (non-hydrogen) atoms. The Balaban J connectivity index is 2.23. The standard InChI is InChI=1S/C14H11BrCl2/c15-11(9-10-5-2-1-3-6-10)14-12(16)7-4-8-13(14)17/h1-8,11H,9H2. The van der Waals surface area contributed by atoms with E-state index >= 15 is 0 Å². The first-order chi connectivity index (χ1) is 8.18. The zero-order valence-corrected chi connectivity index (χ0v) is 12.1. The average molecular weight is 330 g/mol. The van der Waals surface area contributed by atoms with Gasteiger partial charge in [-0.25, -0.2) is 0 Å². The average Bonchev–Trinajstić information content (AvgIpc) is 2.30. The fourth-order valence-electron chi connectivity index (χ4n) is 1.73. The van der Waals surface area contributed by atoms with E-state index in [0.717, 1.165) is 12.0 Å². The predicted octanol–water partition coefficient (Wildman–Crippen LogP) is 5.67. The lowest BCUT2D eigenvalue weighted by atomic mass is 10.0. The predicted molar refractivity (Wildman–Crippen MR) is 78.3 cm³/mol. The summed E-state index contributed by atoms with van der Waals surface area (Å²) in [4.78, 5) is 0.131. The summed E-state index contributed by atoms with van der Waals surface area (Å²) in [5.74, 6) is 0. The van der Waals surface area contributed by atoms with Crippen LogP contribution in [0.3, 0.4) is 0 Å². The van der Waals surface area contributed by atoms with Gasteiger partial charge in [-0.15, -0.1) is 0 Å². The molecular formula is C14H11BrCl2. The van der Waals surface area contributed by atoms with Gasteiger partial charge in [0.2, 0.25) is 0 Å². The lowest BCUT2D eigenvalue weighted by Gasteiger charge is -2.13. The SMILES string of the molecule is Clc1cccc(Cl)c1C(Br)Cc1ccccc1. The van der Waals surface area contributed by atoms with E-state index in [1.165, 1.54) is 5.56 Å². The first-order valence-electron chi connectivity index (χ1n) is 5.30. The van der Waals surface area contributed by atoms with Crippen molar-refractivity contribution in [1.82, 2.24) is 0 Å². The molecule has 88 valence electrons. The molecule has 0 amide bonds. The Kier molecular flexibility index (Phi) is 4.49. The summed E-state index contributed by atoms with van der Waals surface area (Å²) in [5, 5.41) is 1.41. The molecule has 0 aliphatic rings. The van der Waals surface area contributed by atoms with Crippen molar-refractivity contribution in [3.8, 4) is 0 Å². The van der Waals surface area contributed by atoms with Crippen molar-refractivity contribution in [3.63, 3.8) is 0 Å². The lowest BCUT2D eigenvalue weighted by molar-refractivity contribution is 0.949. The van der Waals surface area contributed by atoms with Crippen LogP contribution in [0.5, 0.6) is 0 Å². The maximum Gasteiger partial charge on any atom is 0.0465 e. The minimum Gasteiger partial charge on any atom is -0.0839 e. The third-order valence-corrected chi connectivity index (χ3v) is 4.01. The van der Waals surface area contributed by atoms with Gasteiger partial charge in [-0.2, -0.15) is 0 Å². The van der Waals surface area contributed by atoms with Crippen LogP contribution >= 0.6 is 39.1 Å². The number of hydrogen-bond acceptors (Lipinski definition) is 0. The molecule has 2 rings (SSSR count). The Hall–Kier alpha value is -0.500. The highest BCUT2D eigenvalue weighted by atomic mass is 79.9. The van der Waals surface area contributed by atoms with E-state index < -0.39 is 0 Å². The van der Waals surface area contributed by atoms with E-state index in [0.29, 0.717) is 10.0 Å². The molecule has 0 saturated heterocycles. The van der Waals surface area contributed by atoms with Gasteiger partial charge in [0.05, 0.1) is 0 Å². The molecule has 1 unspecified atom stereocenters. The first-order valence-corrected chi connectivity index (χ1v) is 6.97. The van der Waals surface area contributed by atoms with Crippen LogP contribution in [0, 0.1) is 0 Å². The van der Waals surface area contributed by atoms with E-state index in [1.807, 2.05) is 36.4 Å². The largest absolute Gasteiger partial charge is 0.0839 e. The maximum atomic E-state index is 6.18. The Labute approximate surface area is 120 Å². The molecule has 0 nitrogen and oxygen atoms in total. The second-order valence-corrected chi connectivity index (χ2v) is 5.71. The molecule has 0 saturated carbocycles. The molecule has 0 aromatic heterocycles. The van der Waals surface area contributed by atoms with Gasteiger partial charge in [0, 0.05) is 20.4 Å². The number of hydrogen-bond donors (Lipinski definition) is 0. The molecule has 0 spiro atoms. The maximum absolute atomic E-state index is 6.18. The zero-order valence-electron chi connectivity index (χ0n) is 9.04. The molecule has 0 aliphatic heterocycles. The Bertz CT molecular complexity index is 477. The zero-order chi connectivity index (χ0) is 12.3. The van der Waals surface area contributed by atoms with Crippen molar-refractivity contribution in [3.05, 3.63) is 69.7 Å². The molecule has 0 aliphatic carbocycles. The highest BCUT2D eigenvalue weighted by Crippen LogP contribution is 2.37. The van der Waals surface area contributed by atoms with Gasteiger partial charge >= 0.3 is 0 Å². The van der Waals surface area contributed by atoms with Gasteiger partial charge in [0.1, 0.15) is 0 Å². The van der Waals surface area contributed by atoms with E-state index in [9.17, 15) is 0 Å². The van der Waals surface area contributed by atoms with Crippen molar-refractivity contribution < 1.29 is 0 Å². The second-order valence-electron chi connectivity index (χ2n) is 3.79. The minimum atomic E-state index is 0.131. The molecule has 0 bridgehead atoms. The summed E-state index contributed by atoms with van der Waals surface area (Å²) in [5.41, 5.74) is 2.21. The van der Waals surface area contributed by atoms with Crippen molar-refractivity contribution in [2.75, 3.05) is 0 Å². The van der Waals surface area contributed by atoms with Crippen molar-refractivity contribution in [2.24, 2.45) is 0 Å². The summed E-state index contributed by atoms with van der Waals surface area (Å²) in [6.45, 7) is 0. The highest BCUT2D eigenvalue weighted by molar-refractivity contribution is 9.09. The van der Waals surface area contributed by atoms with E-state index in [-0.39, 0.29) is 4.83 Å². The molecular weight excluding hydrogens is 319 g/mol. The summed E-state index contributed by atoms with van der Waals surface area (Å²) in [6, 6.07) is 15.8. The normalized spacial score (nSPS) is 12.4. The highest BCUT2D eigenvalue weighted by Gasteiger charge is 2.15. The summed E-state index contributed by atoms with van der Waals surface area (Å²) in [7, 11) is 0. The monoisotopic (exact) mass is 328 g/mol. The first kappa shape index (κ1) is 12.9. The van der Waals surface area contributed by atoms with Crippen LogP contribution < -0.4 is 0 Å². The van der Waals surface area contributed by atoms with Crippen LogP contribution in [0.2, 0.25) is 10.0 Å². The summed E-state index contributed by atoms with van der Waals surface area (Å²) >= 11 is 16.0. The fraction of sp³-hybridized carbons (Fsp3) is 0.143. The molecule has 2 aromatic carbocycles. The molecule has 3 heteroatoms. The third-order valence-electron chi connectivity index (χ3n) is 2.57. The van der Waals surface area contributed by atoms with Gasteiger partial charge in [-0.05, 0) is 24.1 Å². The number of benzene rings is 2. The van der Waals surface area contributed by atoms with E-state index in [4.69, 9.17) is 23.2 Å². The Morgan fingerprint density at radius 3 is 2.06 bits per heavy atom. The van der Waals surface area contributed by atoms with E-state index in [2.05, 4.69) is 28.1 Å². The minimum absolute atomic E-state index is 0.131. The van der Waals surface area contributed by atoms with Gasteiger partial charge in [0.15, 0.2) is 0 Å². The third kappa shape index (κ3) is 3.25. The van der Waals surface area contributed by atoms with Crippen LogP contribution in [0.25, 0.3) is 0 Å². The van der Waals surface area contributed by atoms with Gasteiger partial charge in [-0.3, -0.25) is 0 Å². The second kappa shape index (κ2) is 5.90. The van der Waals surface area contributed by atoms with Gasteiger partial charge in [-0.1, -0.05) is 75.5 Å². The van der Waals surface area contributed by atoms with Crippen LogP contribution in [0.15, 0.2) is 48.5 Å². The van der Waals surface area contributed by atoms with Gasteiger partial charge in [0.25, 0.3) is 0 Å². The van der Waals surface area contributed by atoms with Crippen molar-refractivity contribution in [2.45, 2.75) is 11.2 Å². The van der Waals surface area contributed by atoms with Crippen LogP contribution in [0.1, 0.15) is 16.0 Å². The fourth-order valence-corrected chi connectivity index (χ4v) is 3.52. The molecule has 1 atom stereocenters. The summed E-state index contributed by atoms with van der Waals surface area (Å²) in [6.07, 6.45) is 0.865. The topological polar surface area (TPSA) is 0 Å². The van der Waals surface area contributed by atoms with Crippen molar-refractivity contribution in [1.29, 1.82) is 0 Å². The van der Waals surface area contributed by atoms with E-state index in [1.54, 1.807) is 0 Å². The van der Waals surface area contributed by atoms with Crippen LogP contribution in [-0.2, 0) is 6.42 Å². The molecule has 0 heterocycles. The summed E-state index contributed by atoms with van der Waals surface area (Å²) < 4.78 is 0. The molecule has 0 N–H and O–H groups in total. The quantitative estimate of drug-likeness (QED) is 0.636. The van der Waals surface area contributed by atoms with Crippen LogP contribution in [-0.4, -0.2) is 0 Å². The molecule has 2 aromatic rings.